The van der Waals surface area contributed by atoms with Gasteiger partial charge in [-0.05, 0) is 26.0 Å². The number of hydrogen-bond acceptors (Lipinski definition) is 4. The fourth-order valence-corrected chi connectivity index (χ4v) is 1.80. The van der Waals surface area contributed by atoms with Crippen molar-refractivity contribution in [2.75, 3.05) is 17.2 Å². The van der Waals surface area contributed by atoms with E-state index in [0.717, 1.165) is 5.69 Å². The summed E-state index contributed by atoms with van der Waals surface area (Å²) in [5, 5.41) is 0. The lowest BCUT2D eigenvalue weighted by molar-refractivity contribution is 0.0983. The molecule has 0 aliphatic carbocycles. The normalized spacial score (nSPS) is 10.2. The van der Waals surface area contributed by atoms with Gasteiger partial charge in [0.05, 0.1) is 23.3 Å². The molecule has 0 unspecified atom stereocenters. The summed E-state index contributed by atoms with van der Waals surface area (Å²) in [6.07, 6.45) is 3.06. The molecule has 0 spiro atoms. The molecule has 19 heavy (non-hydrogen) atoms. The summed E-state index contributed by atoms with van der Waals surface area (Å²) >= 11 is 0. The number of nitrogens with two attached hydrogens (primary N) is 1. The first-order valence-electron chi connectivity index (χ1n) is 6.08. The van der Waals surface area contributed by atoms with Crippen LogP contribution in [0.3, 0.4) is 0 Å². The van der Waals surface area contributed by atoms with E-state index in [1.807, 2.05) is 32.0 Å². The molecule has 0 fully saturated rings. The molecule has 1 heterocycles. The zero-order valence-electron chi connectivity index (χ0n) is 11.0. The molecule has 0 bridgehead atoms. The summed E-state index contributed by atoms with van der Waals surface area (Å²) in [6, 6.07) is 7.27. The van der Waals surface area contributed by atoms with Gasteiger partial charge in [-0.1, -0.05) is 12.1 Å². The summed E-state index contributed by atoms with van der Waals surface area (Å²) in [6.45, 7) is 4.24. The largest absolute Gasteiger partial charge is 0.397 e. The van der Waals surface area contributed by atoms with Crippen LogP contribution in [0, 0.1) is 6.92 Å². The fraction of sp³-hybridized carbons (Fsp3) is 0.214. The third kappa shape index (κ3) is 2.70. The average molecular weight is 256 g/mol. The number of hydrogen-bond donors (Lipinski definition) is 1. The summed E-state index contributed by atoms with van der Waals surface area (Å²) in [5.74, 6) is -0.201. The Morgan fingerprint density at radius 1 is 1.26 bits per heavy atom. The molecule has 5 nitrogen and oxygen atoms in total. The second-order valence-corrected chi connectivity index (χ2v) is 4.15. The van der Waals surface area contributed by atoms with Crippen molar-refractivity contribution in [3.8, 4) is 0 Å². The van der Waals surface area contributed by atoms with E-state index in [9.17, 15) is 4.79 Å². The van der Waals surface area contributed by atoms with Crippen molar-refractivity contribution in [2.45, 2.75) is 13.8 Å². The number of carbonyl (C=O) groups excluding carboxylic acids is 1. The molecule has 0 saturated carbocycles. The van der Waals surface area contributed by atoms with Crippen LogP contribution >= 0.6 is 0 Å². The van der Waals surface area contributed by atoms with Gasteiger partial charge in [0.15, 0.2) is 0 Å². The second kappa shape index (κ2) is 5.48. The van der Waals surface area contributed by atoms with Crippen LogP contribution in [0.25, 0.3) is 0 Å². The van der Waals surface area contributed by atoms with E-state index in [2.05, 4.69) is 9.97 Å². The molecule has 0 saturated heterocycles. The van der Waals surface area contributed by atoms with Crippen molar-refractivity contribution in [3.05, 3.63) is 48.0 Å². The van der Waals surface area contributed by atoms with E-state index < -0.39 is 0 Å². The Morgan fingerprint density at radius 2 is 2.00 bits per heavy atom. The summed E-state index contributed by atoms with van der Waals surface area (Å²) in [5.41, 5.74) is 8.26. The molecule has 1 aromatic carbocycles. The smallest absolute Gasteiger partial charge is 0.278 e. The molecule has 2 rings (SSSR count). The van der Waals surface area contributed by atoms with Gasteiger partial charge in [0.1, 0.15) is 5.69 Å². The van der Waals surface area contributed by atoms with Gasteiger partial charge in [-0.3, -0.25) is 9.78 Å². The maximum Gasteiger partial charge on any atom is 0.278 e. The number of benzene rings is 1. The lowest BCUT2D eigenvalue weighted by Gasteiger charge is -2.22. The zero-order chi connectivity index (χ0) is 13.8. The Balaban J connectivity index is 2.35. The molecule has 0 aliphatic heterocycles. The van der Waals surface area contributed by atoms with E-state index in [-0.39, 0.29) is 5.91 Å². The Labute approximate surface area is 112 Å². The van der Waals surface area contributed by atoms with E-state index in [1.165, 1.54) is 6.20 Å². The highest BCUT2D eigenvalue weighted by atomic mass is 16.2. The van der Waals surface area contributed by atoms with Gasteiger partial charge in [-0.15, -0.1) is 0 Å². The number of nitrogens with zero attached hydrogens (tertiary/aromatic N) is 3. The number of carbonyl (C=O) groups is 1. The lowest BCUT2D eigenvalue weighted by atomic mass is 10.2. The van der Waals surface area contributed by atoms with Gasteiger partial charge in [0, 0.05) is 12.7 Å². The molecule has 2 aromatic rings. The first-order chi connectivity index (χ1) is 9.13. The highest BCUT2D eigenvalue weighted by Crippen LogP contribution is 2.23. The number of rotatable bonds is 3. The van der Waals surface area contributed by atoms with Crippen LogP contribution in [0.15, 0.2) is 36.7 Å². The zero-order valence-corrected chi connectivity index (χ0v) is 11.0. The SMILES string of the molecule is CCN(C(=O)c1cnc(C)cn1)c1ccccc1N. The van der Waals surface area contributed by atoms with Gasteiger partial charge in [-0.2, -0.15) is 0 Å². The van der Waals surface area contributed by atoms with Crippen molar-refractivity contribution in [1.82, 2.24) is 9.97 Å². The maximum atomic E-state index is 12.4. The molecule has 0 aliphatic rings. The van der Waals surface area contributed by atoms with Crippen LogP contribution in [-0.2, 0) is 0 Å². The average Bonchev–Trinajstić information content (AvgIpc) is 2.42. The first kappa shape index (κ1) is 13.0. The summed E-state index contributed by atoms with van der Waals surface area (Å²) < 4.78 is 0. The second-order valence-electron chi connectivity index (χ2n) is 4.15. The third-order valence-corrected chi connectivity index (χ3v) is 2.79. The topological polar surface area (TPSA) is 72.1 Å². The molecule has 2 N–H and O–H groups in total. The molecule has 0 radical (unpaired) electrons. The number of aromatic nitrogens is 2. The molecule has 5 heteroatoms. The quantitative estimate of drug-likeness (QED) is 0.853. The van der Waals surface area contributed by atoms with Gasteiger partial charge in [0.25, 0.3) is 5.91 Å². The number of amides is 1. The van der Waals surface area contributed by atoms with E-state index >= 15 is 0 Å². The van der Waals surface area contributed by atoms with Crippen molar-refractivity contribution >= 4 is 17.3 Å². The monoisotopic (exact) mass is 256 g/mol. The number of nitrogen functional groups attached to an aromatic ring is 1. The van der Waals surface area contributed by atoms with Crippen molar-refractivity contribution in [3.63, 3.8) is 0 Å². The van der Waals surface area contributed by atoms with Crippen LogP contribution in [0.5, 0.6) is 0 Å². The fourth-order valence-electron chi connectivity index (χ4n) is 1.80. The standard InChI is InChI=1S/C14H16N4O/c1-3-18(13-7-5-4-6-11(13)15)14(19)12-9-16-10(2)8-17-12/h4-9H,3,15H2,1-2H3. The highest BCUT2D eigenvalue weighted by Gasteiger charge is 2.19. The van der Waals surface area contributed by atoms with Crippen LogP contribution in [0.4, 0.5) is 11.4 Å². The molecule has 0 atom stereocenters. The van der Waals surface area contributed by atoms with E-state index in [4.69, 9.17) is 5.73 Å². The Hall–Kier alpha value is -2.43. The molecule has 1 amide bonds. The number of aryl methyl sites for hydroxylation is 1. The van der Waals surface area contributed by atoms with Crippen LogP contribution in [0.1, 0.15) is 23.1 Å². The van der Waals surface area contributed by atoms with E-state index in [0.29, 0.717) is 23.6 Å². The van der Waals surface area contributed by atoms with Gasteiger partial charge in [-0.25, -0.2) is 4.98 Å². The van der Waals surface area contributed by atoms with Crippen molar-refractivity contribution in [1.29, 1.82) is 0 Å². The molecule has 98 valence electrons. The third-order valence-electron chi connectivity index (χ3n) is 2.79. The van der Waals surface area contributed by atoms with Gasteiger partial charge < -0.3 is 10.6 Å². The minimum atomic E-state index is -0.201. The maximum absolute atomic E-state index is 12.4. The van der Waals surface area contributed by atoms with Crippen LogP contribution < -0.4 is 10.6 Å². The lowest BCUT2D eigenvalue weighted by Crippen LogP contribution is -2.32. The van der Waals surface area contributed by atoms with Crippen LogP contribution in [0.2, 0.25) is 0 Å². The Bertz CT molecular complexity index is 580. The minimum absolute atomic E-state index is 0.201. The van der Waals surface area contributed by atoms with Crippen molar-refractivity contribution < 1.29 is 4.79 Å². The van der Waals surface area contributed by atoms with Crippen molar-refractivity contribution in [2.24, 2.45) is 0 Å². The highest BCUT2D eigenvalue weighted by molar-refractivity contribution is 6.06. The first-order valence-corrected chi connectivity index (χ1v) is 6.08. The Kier molecular flexibility index (Phi) is 3.75. The summed E-state index contributed by atoms with van der Waals surface area (Å²) in [7, 11) is 0. The van der Waals surface area contributed by atoms with Gasteiger partial charge in [0.2, 0.25) is 0 Å². The van der Waals surface area contributed by atoms with Crippen LogP contribution in [-0.4, -0.2) is 22.4 Å². The minimum Gasteiger partial charge on any atom is -0.397 e. The summed E-state index contributed by atoms with van der Waals surface area (Å²) in [4.78, 5) is 22.2. The predicted octanol–water partition coefficient (Wildman–Crippen LogP) is 2.03. The number of para-hydroxylation sites is 2. The van der Waals surface area contributed by atoms with E-state index in [1.54, 1.807) is 17.2 Å². The Morgan fingerprint density at radius 3 is 2.58 bits per heavy atom. The molecule has 1 aromatic heterocycles. The van der Waals surface area contributed by atoms with Gasteiger partial charge >= 0.3 is 0 Å². The molecular formula is C14H16N4O. The predicted molar refractivity (Wildman–Crippen MR) is 75.0 cm³/mol. The molecular weight excluding hydrogens is 240 g/mol. The number of anilines is 2.